The molecule has 0 unspecified atom stereocenters. The van der Waals surface area contributed by atoms with E-state index in [1.165, 1.54) is 0 Å². The highest BCUT2D eigenvalue weighted by molar-refractivity contribution is 5.27. The molecule has 96 valence electrons. The van der Waals surface area contributed by atoms with Crippen LogP contribution in [-0.4, -0.2) is 49.7 Å². The molecule has 0 aromatic carbocycles. The first kappa shape index (κ1) is 12.4. The van der Waals surface area contributed by atoms with E-state index in [-0.39, 0.29) is 0 Å². The van der Waals surface area contributed by atoms with E-state index in [0.717, 1.165) is 57.4 Å². The van der Waals surface area contributed by atoms with Crippen LogP contribution >= 0.6 is 0 Å². The van der Waals surface area contributed by atoms with Crippen molar-refractivity contribution in [3.8, 4) is 0 Å². The first-order valence-electron chi connectivity index (χ1n) is 6.38. The van der Waals surface area contributed by atoms with Crippen LogP contribution in [0.3, 0.4) is 0 Å². The lowest BCUT2D eigenvalue weighted by molar-refractivity contribution is 0.305. The van der Waals surface area contributed by atoms with E-state index in [1.54, 1.807) is 6.26 Å². The summed E-state index contributed by atoms with van der Waals surface area (Å²) in [6.07, 6.45) is 2.90. The van der Waals surface area contributed by atoms with E-state index in [0.29, 0.717) is 0 Å². The Morgan fingerprint density at radius 1 is 1.35 bits per heavy atom. The van der Waals surface area contributed by atoms with Gasteiger partial charge in [-0.1, -0.05) is 6.92 Å². The van der Waals surface area contributed by atoms with Crippen LogP contribution in [0.4, 0.5) is 6.01 Å². The number of rotatable bonds is 5. The summed E-state index contributed by atoms with van der Waals surface area (Å²) < 4.78 is 5.53. The van der Waals surface area contributed by atoms with Crippen LogP contribution in [0.15, 0.2) is 10.7 Å². The van der Waals surface area contributed by atoms with E-state index in [1.807, 2.05) is 0 Å². The SMILES string of the molecule is CCCNCc1coc(N2CCN(C)CC2)n1. The number of anilines is 1. The Bertz CT molecular complexity index is 331. The predicted molar refractivity (Wildman–Crippen MR) is 68.2 cm³/mol. The summed E-state index contributed by atoms with van der Waals surface area (Å²) in [6.45, 7) is 8.13. The van der Waals surface area contributed by atoms with Crippen molar-refractivity contribution in [2.45, 2.75) is 19.9 Å². The highest BCUT2D eigenvalue weighted by Crippen LogP contribution is 2.15. The summed E-state index contributed by atoms with van der Waals surface area (Å²) in [5.74, 6) is 0. The Kier molecular flexibility index (Phi) is 4.39. The molecule has 2 rings (SSSR count). The van der Waals surface area contributed by atoms with Crippen LogP contribution in [0.5, 0.6) is 0 Å². The maximum Gasteiger partial charge on any atom is 0.297 e. The van der Waals surface area contributed by atoms with Crippen molar-refractivity contribution >= 4 is 6.01 Å². The van der Waals surface area contributed by atoms with Crippen molar-refractivity contribution in [2.75, 3.05) is 44.7 Å². The number of likely N-dealkylation sites (N-methyl/N-ethyl adjacent to an activating group) is 1. The van der Waals surface area contributed by atoms with Crippen LogP contribution < -0.4 is 10.2 Å². The minimum Gasteiger partial charge on any atom is -0.432 e. The molecule has 1 saturated heterocycles. The summed E-state index contributed by atoms with van der Waals surface area (Å²) >= 11 is 0. The monoisotopic (exact) mass is 238 g/mol. The Morgan fingerprint density at radius 2 is 2.12 bits per heavy atom. The van der Waals surface area contributed by atoms with Crippen LogP contribution in [0, 0.1) is 0 Å². The number of aromatic nitrogens is 1. The summed E-state index contributed by atoms with van der Waals surface area (Å²) in [4.78, 5) is 9.04. The van der Waals surface area contributed by atoms with Gasteiger partial charge in [-0.05, 0) is 20.0 Å². The second-order valence-corrected chi connectivity index (χ2v) is 4.59. The predicted octanol–water partition coefficient (Wildman–Crippen LogP) is 0.926. The normalized spacial score (nSPS) is 17.6. The summed E-state index contributed by atoms with van der Waals surface area (Å²) in [5, 5.41) is 3.33. The van der Waals surface area contributed by atoms with E-state index >= 15 is 0 Å². The van der Waals surface area contributed by atoms with E-state index in [9.17, 15) is 0 Å². The molecule has 5 nitrogen and oxygen atoms in total. The van der Waals surface area contributed by atoms with Gasteiger partial charge in [-0.15, -0.1) is 0 Å². The van der Waals surface area contributed by atoms with Crippen LogP contribution in [0.1, 0.15) is 19.0 Å². The first-order valence-corrected chi connectivity index (χ1v) is 6.38. The van der Waals surface area contributed by atoms with Gasteiger partial charge in [-0.2, -0.15) is 4.98 Å². The Balaban J connectivity index is 1.85. The quantitative estimate of drug-likeness (QED) is 0.773. The highest BCUT2D eigenvalue weighted by atomic mass is 16.4. The van der Waals surface area contributed by atoms with Crippen LogP contribution in [-0.2, 0) is 6.54 Å². The molecule has 0 aliphatic carbocycles. The molecule has 2 heterocycles. The van der Waals surface area contributed by atoms with E-state index in [2.05, 4.69) is 34.1 Å². The number of nitrogens with zero attached hydrogens (tertiary/aromatic N) is 3. The number of oxazole rings is 1. The van der Waals surface area contributed by atoms with Gasteiger partial charge in [-0.25, -0.2) is 0 Å². The average molecular weight is 238 g/mol. The lowest BCUT2D eigenvalue weighted by Crippen LogP contribution is -2.44. The van der Waals surface area contributed by atoms with Crippen molar-refractivity contribution in [3.63, 3.8) is 0 Å². The maximum atomic E-state index is 5.53. The minimum atomic E-state index is 0.770. The summed E-state index contributed by atoms with van der Waals surface area (Å²) in [6, 6.07) is 0.770. The second-order valence-electron chi connectivity index (χ2n) is 4.59. The lowest BCUT2D eigenvalue weighted by Gasteiger charge is -2.31. The maximum absolute atomic E-state index is 5.53. The number of hydrogen-bond donors (Lipinski definition) is 1. The van der Waals surface area contributed by atoms with Crippen molar-refractivity contribution in [3.05, 3.63) is 12.0 Å². The molecule has 1 aliphatic rings. The van der Waals surface area contributed by atoms with Gasteiger partial charge in [0, 0.05) is 32.7 Å². The molecule has 0 amide bonds. The fourth-order valence-corrected chi connectivity index (χ4v) is 1.91. The number of piperazine rings is 1. The van der Waals surface area contributed by atoms with Gasteiger partial charge in [0.1, 0.15) is 6.26 Å². The molecule has 1 N–H and O–H groups in total. The van der Waals surface area contributed by atoms with Crippen LogP contribution in [0.25, 0.3) is 0 Å². The summed E-state index contributed by atoms with van der Waals surface area (Å²) in [7, 11) is 2.15. The molecule has 1 aromatic rings. The van der Waals surface area contributed by atoms with E-state index < -0.39 is 0 Å². The largest absolute Gasteiger partial charge is 0.432 e. The first-order chi connectivity index (χ1) is 8.29. The van der Waals surface area contributed by atoms with Gasteiger partial charge >= 0.3 is 0 Å². The van der Waals surface area contributed by atoms with Gasteiger partial charge < -0.3 is 19.5 Å². The zero-order valence-electron chi connectivity index (χ0n) is 10.8. The molecular formula is C12H22N4O. The molecule has 17 heavy (non-hydrogen) atoms. The smallest absolute Gasteiger partial charge is 0.297 e. The Labute approximate surface area is 103 Å². The number of hydrogen-bond acceptors (Lipinski definition) is 5. The molecule has 5 heteroatoms. The van der Waals surface area contributed by atoms with Gasteiger partial charge in [0.05, 0.1) is 5.69 Å². The molecule has 0 saturated carbocycles. The molecule has 1 aromatic heterocycles. The van der Waals surface area contributed by atoms with Crippen molar-refractivity contribution in [2.24, 2.45) is 0 Å². The third-order valence-electron chi connectivity index (χ3n) is 3.05. The van der Waals surface area contributed by atoms with Crippen molar-refractivity contribution in [1.29, 1.82) is 0 Å². The molecule has 0 atom stereocenters. The van der Waals surface area contributed by atoms with E-state index in [4.69, 9.17) is 4.42 Å². The third kappa shape index (κ3) is 3.44. The summed E-state index contributed by atoms with van der Waals surface area (Å²) in [5.41, 5.74) is 0.993. The zero-order valence-corrected chi connectivity index (χ0v) is 10.8. The van der Waals surface area contributed by atoms with Gasteiger partial charge in [0.2, 0.25) is 0 Å². The molecule has 0 spiro atoms. The Morgan fingerprint density at radius 3 is 2.82 bits per heavy atom. The fourth-order valence-electron chi connectivity index (χ4n) is 1.91. The average Bonchev–Trinajstić information content (AvgIpc) is 2.79. The molecular weight excluding hydrogens is 216 g/mol. The zero-order chi connectivity index (χ0) is 12.1. The Hall–Kier alpha value is -1.07. The standard InChI is InChI=1S/C12H22N4O/c1-3-4-13-9-11-10-17-12(14-11)16-7-5-15(2)6-8-16/h10,13H,3-9H2,1-2H3. The number of nitrogens with one attached hydrogen (secondary N) is 1. The fraction of sp³-hybridized carbons (Fsp3) is 0.750. The molecule has 1 aliphatic heterocycles. The second kappa shape index (κ2) is 6.02. The van der Waals surface area contributed by atoms with Gasteiger partial charge in [-0.3, -0.25) is 0 Å². The third-order valence-corrected chi connectivity index (χ3v) is 3.05. The van der Waals surface area contributed by atoms with Crippen molar-refractivity contribution in [1.82, 2.24) is 15.2 Å². The van der Waals surface area contributed by atoms with Crippen LogP contribution in [0.2, 0.25) is 0 Å². The van der Waals surface area contributed by atoms with Gasteiger partial charge in [0.15, 0.2) is 0 Å². The molecule has 0 radical (unpaired) electrons. The molecule has 1 fully saturated rings. The minimum absolute atomic E-state index is 0.770. The topological polar surface area (TPSA) is 44.5 Å². The molecule has 0 bridgehead atoms. The highest BCUT2D eigenvalue weighted by Gasteiger charge is 2.18. The lowest BCUT2D eigenvalue weighted by atomic mass is 10.3. The van der Waals surface area contributed by atoms with Crippen molar-refractivity contribution < 1.29 is 4.42 Å². The van der Waals surface area contributed by atoms with Gasteiger partial charge in [0.25, 0.3) is 6.01 Å².